The SMILES string of the molecule is CN(C)Cc1ccc2cccc(NS(=O)(=O)N3CCCCC3)c2n1.CN(C)Cc1ccc2cccc(NS(=O)(=O)c3cccc4nsnc34)c2n1.CN(C)Cc1ccc2cccc(NS(=O)(=O)c3cn(C)cn3)c2n1.CN(C)Cc1ccc2cccc(NS(=O)(=O)c3cnn(C)c3)c2n1. The molecule has 1 fully saturated rings. The number of imidazole rings is 1. The number of para-hydroxylation sites is 4. The zero-order valence-corrected chi connectivity index (χ0v) is 60.6. The van der Waals surface area contributed by atoms with E-state index in [9.17, 15) is 33.7 Å². The Morgan fingerprint density at radius 2 is 0.838 bits per heavy atom. The zero-order valence-electron chi connectivity index (χ0n) is 56.5. The number of hydrogen-bond acceptors (Lipinski definition) is 21. The van der Waals surface area contributed by atoms with Crippen molar-refractivity contribution >= 4 is 129 Å². The maximum absolute atomic E-state index is 13.0. The number of sulfonamides is 3. The number of nitrogens with zero attached hydrogens (tertiary/aromatic N) is 15. The van der Waals surface area contributed by atoms with E-state index in [0.29, 0.717) is 95.1 Å². The van der Waals surface area contributed by atoms with E-state index < -0.39 is 40.3 Å². The Labute approximate surface area is 581 Å². The van der Waals surface area contributed by atoms with Gasteiger partial charge in [0.05, 0.1) is 91.8 Å². The van der Waals surface area contributed by atoms with Crippen molar-refractivity contribution in [2.45, 2.75) is 60.3 Å². The molecule has 0 atom stereocenters. The first-order valence-corrected chi connectivity index (χ1v) is 37.9. The summed E-state index contributed by atoms with van der Waals surface area (Å²) in [6.45, 7) is 3.90. The molecule has 1 aliphatic heterocycles. The van der Waals surface area contributed by atoms with E-state index in [1.165, 1.54) is 40.0 Å². The highest BCUT2D eigenvalue weighted by Gasteiger charge is 2.26. The minimum atomic E-state index is -3.83. The van der Waals surface area contributed by atoms with Gasteiger partial charge in [0.25, 0.3) is 30.1 Å². The molecule has 8 heterocycles. The first kappa shape index (κ1) is 72.5. The number of rotatable bonds is 20. The van der Waals surface area contributed by atoms with Gasteiger partial charge in [0.2, 0.25) is 0 Å². The third-order valence-electron chi connectivity index (χ3n) is 15.1. The lowest BCUT2D eigenvalue weighted by Crippen LogP contribution is -2.39. The molecule has 520 valence electrons. The highest BCUT2D eigenvalue weighted by molar-refractivity contribution is 7.93. The topological polar surface area (TPSA) is 314 Å². The third-order valence-corrected chi connectivity index (χ3v) is 21.2. The van der Waals surface area contributed by atoms with Crippen LogP contribution < -0.4 is 18.9 Å². The third kappa shape index (κ3) is 18.8. The molecule has 32 heteroatoms. The first-order chi connectivity index (χ1) is 47.1. The molecule has 99 heavy (non-hydrogen) atoms. The average Bonchev–Trinajstić information content (AvgIpc) is 1.65. The molecule has 13 rings (SSSR count). The highest BCUT2D eigenvalue weighted by atomic mass is 32.2. The molecule has 0 aliphatic carbocycles. The van der Waals surface area contributed by atoms with Gasteiger partial charge in [-0.2, -0.15) is 35.0 Å². The summed E-state index contributed by atoms with van der Waals surface area (Å²) in [6.07, 6.45) is 8.61. The van der Waals surface area contributed by atoms with Crippen LogP contribution in [-0.4, -0.2) is 175 Å². The van der Waals surface area contributed by atoms with Gasteiger partial charge in [0.15, 0.2) is 5.03 Å². The Hall–Kier alpha value is -9.22. The number of pyridine rings is 4. The molecule has 12 aromatic rings. The van der Waals surface area contributed by atoms with Gasteiger partial charge in [-0.05, 0) is 130 Å². The predicted molar refractivity (Wildman–Crippen MR) is 391 cm³/mol. The van der Waals surface area contributed by atoms with E-state index in [1.807, 2.05) is 155 Å². The summed E-state index contributed by atoms with van der Waals surface area (Å²) in [5.74, 6) is 0. The van der Waals surface area contributed by atoms with Gasteiger partial charge >= 0.3 is 10.2 Å². The molecular formula is C67H79N19O8S5. The van der Waals surface area contributed by atoms with Crippen LogP contribution in [0.5, 0.6) is 0 Å². The van der Waals surface area contributed by atoms with Gasteiger partial charge in [-0.3, -0.25) is 23.6 Å². The molecule has 27 nitrogen and oxygen atoms in total. The van der Waals surface area contributed by atoms with Crippen molar-refractivity contribution in [1.29, 1.82) is 0 Å². The van der Waals surface area contributed by atoms with Gasteiger partial charge < -0.3 is 24.2 Å². The smallest absolute Gasteiger partial charge is 0.301 e. The summed E-state index contributed by atoms with van der Waals surface area (Å²) >= 11 is 0.990. The fourth-order valence-corrected chi connectivity index (χ4v) is 15.9. The van der Waals surface area contributed by atoms with Gasteiger partial charge in [-0.15, -0.1) is 0 Å². The first-order valence-electron chi connectivity index (χ1n) is 31.3. The van der Waals surface area contributed by atoms with Crippen LogP contribution in [0.15, 0.2) is 179 Å². The van der Waals surface area contributed by atoms with Crippen LogP contribution >= 0.6 is 11.7 Å². The van der Waals surface area contributed by atoms with Crippen molar-refractivity contribution in [2.75, 3.05) is 88.4 Å². The molecule has 0 bridgehead atoms. The van der Waals surface area contributed by atoms with Gasteiger partial charge in [-0.1, -0.05) is 85.3 Å². The minimum absolute atomic E-state index is 0.0218. The Morgan fingerprint density at radius 3 is 1.23 bits per heavy atom. The zero-order chi connectivity index (χ0) is 70.8. The van der Waals surface area contributed by atoms with Crippen molar-refractivity contribution in [3.8, 4) is 0 Å². The maximum atomic E-state index is 13.0. The van der Waals surface area contributed by atoms with Crippen LogP contribution in [0.1, 0.15) is 42.0 Å². The number of piperidine rings is 1. The summed E-state index contributed by atoms with van der Waals surface area (Å²) in [5.41, 5.74) is 8.90. The van der Waals surface area contributed by atoms with Crippen LogP contribution in [0, 0.1) is 0 Å². The molecule has 0 amide bonds. The quantitative estimate of drug-likeness (QED) is 0.0552. The molecule has 1 saturated heterocycles. The number of aryl methyl sites for hydroxylation is 2. The Kier molecular flexibility index (Phi) is 22.9. The molecule has 4 N–H and O–H groups in total. The van der Waals surface area contributed by atoms with Crippen molar-refractivity contribution < 1.29 is 33.7 Å². The van der Waals surface area contributed by atoms with E-state index >= 15 is 0 Å². The number of benzene rings is 5. The minimum Gasteiger partial charge on any atom is -0.339 e. The van der Waals surface area contributed by atoms with Crippen molar-refractivity contribution in [3.05, 3.63) is 187 Å². The number of nitrogens with one attached hydrogen (secondary N) is 4. The number of aromatic nitrogens is 10. The number of hydrogen-bond donors (Lipinski definition) is 4. The second-order valence-corrected chi connectivity index (χ2v) is 31.8. The molecule has 0 unspecified atom stereocenters. The van der Waals surface area contributed by atoms with E-state index in [1.54, 1.807) is 73.3 Å². The molecule has 0 saturated carbocycles. The van der Waals surface area contributed by atoms with E-state index in [0.717, 1.165) is 75.3 Å². The molecule has 1 aliphatic rings. The standard InChI is InChI=1S/C18H17N5O2S2.C17H24N4O2S.2C16H19N5O2S/c1-23(2)11-13-10-9-12-5-3-7-15(17(12)19-13)22-27(24,25)16-8-4-6-14-18(16)21-26-20-14;1-20(2)13-15-10-9-14-7-6-8-16(17(14)18-15)19-24(22,23)21-11-4-3-5-12-21;1-20(2)10-13-8-7-12-5-4-6-15(16(12)18-13)19-24(22,23)14-9-17-21(3)11-14;1-20(2)9-13-8-7-12-5-4-6-14(16(12)18-13)19-24(22,23)15-10-21(3)11-17-15/h3-10,22H,11H2,1-2H3;6-10,19H,3-5,11-13H2,1-2H3;4-9,11,19H,10H2,1-3H3;4-8,10-11,19H,9H2,1-3H3. The summed E-state index contributed by atoms with van der Waals surface area (Å²) in [4.78, 5) is 30.7. The van der Waals surface area contributed by atoms with E-state index in [2.05, 4.69) is 57.7 Å². The van der Waals surface area contributed by atoms with Crippen molar-refractivity contribution in [2.24, 2.45) is 14.1 Å². The fraction of sp³-hybridized carbons (Fsp3) is 0.284. The Balaban J connectivity index is 0.000000143. The van der Waals surface area contributed by atoms with Crippen LogP contribution in [0.2, 0.25) is 0 Å². The normalized spacial score (nSPS) is 13.2. The average molecular weight is 1440 g/mol. The second-order valence-electron chi connectivity index (χ2n) is 24.7. The highest BCUT2D eigenvalue weighted by Crippen LogP contribution is 2.31. The number of anilines is 4. The summed E-state index contributed by atoms with van der Waals surface area (Å²) < 4.78 is 125. The van der Waals surface area contributed by atoms with E-state index in [-0.39, 0.29) is 14.8 Å². The van der Waals surface area contributed by atoms with Crippen molar-refractivity contribution in [3.63, 3.8) is 0 Å². The molecule has 0 radical (unpaired) electrons. The molecule has 0 spiro atoms. The number of fused-ring (bicyclic) bond motifs is 5. The fourth-order valence-electron chi connectivity index (χ4n) is 10.7. The monoisotopic (exact) mass is 1440 g/mol. The van der Waals surface area contributed by atoms with Crippen LogP contribution in [0.25, 0.3) is 54.6 Å². The second kappa shape index (κ2) is 31.3. The van der Waals surface area contributed by atoms with Gasteiger partial charge in [0, 0.05) is 87.3 Å². The van der Waals surface area contributed by atoms with Crippen LogP contribution in [0.4, 0.5) is 22.7 Å². The van der Waals surface area contributed by atoms with E-state index in [4.69, 9.17) is 0 Å². The summed E-state index contributed by atoms with van der Waals surface area (Å²) in [7, 11) is 4.30. The van der Waals surface area contributed by atoms with Gasteiger partial charge in [-0.25, -0.2) is 41.8 Å². The Bertz CT molecular complexity index is 5150. The maximum Gasteiger partial charge on any atom is 0.301 e. The largest absolute Gasteiger partial charge is 0.339 e. The van der Waals surface area contributed by atoms with Crippen LogP contribution in [0.3, 0.4) is 0 Å². The van der Waals surface area contributed by atoms with Crippen molar-refractivity contribution in [1.82, 2.24) is 71.9 Å². The predicted octanol–water partition coefficient (Wildman–Crippen LogP) is 9.20. The summed E-state index contributed by atoms with van der Waals surface area (Å²) in [6, 6.07) is 42.4. The molecule has 7 aromatic heterocycles. The lowest BCUT2D eigenvalue weighted by Gasteiger charge is -2.26. The lowest BCUT2D eigenvalue weighted by atomic mass is 10.2. The molecular weight excluding hydrogens is 1360 g/mol. The summed E-state index contributed by atoms with van der Waals surface area (Å²) in [5, 5.41) is 7.43. The molecule has 5 aromatic carbocycles. The Morgan fingerprint density at radius 1 is 0.434 bits per heavy atom. The lowest BCUT2D eigenvalue weighted by molar-refractivity contribution is 0.349. The van der Waals surface area contributed by atoms with Crippen LogP contribution in [-0.2, 0) is 80.6 Å². The van der Waals surface area contributed by atoms with Gasteiger partial charge in [0.1, 0.15) is 20.8 Å².